The van der Waals surface area contributed by atoms with Gasteiger partial charge in [0.2, 0.25) is 5.91 Å². The Morgan fingerprint density at radius 3 is 2.62 bits per heavy atom. The van der Waals surface area contributed by atoms with Gasteiger partial charge in [0.1, 0.15) is 0 Å². The van der Waals surface area contributed by atoms with Gasteiger partial charge in [0, 0.05) is 18.2 Å². The van der Waals surface area contributed by atoms with E-state index in [4.69, 9.17) is 9.47 Å². The van der Waals surface area contributed by atoms with Gasteiger partial charge in [0.05, 0.1) is 36.0 Å². The molecule has 1 heterocycles. The highest BCUT2D eigenvalue weighted by Crippen LogP contribution is 2.29. The van der Waals surface area contributed by atoms with Crippen molar-refractivity contribution in [2.45, 2.75) is 26.2 Å². The van der Waals surface area contributed by atoms with Crippen LogP contribution in [0.1, 0.15) is 30.3 Å². The lowest BCUT2D eigenvalue weighted by Crippen LogP contribution is -2.31. The number of carbonyl (C=O) groups is 1. The zero-order valence-electron chi connectivity index (χ0n) is 17.2. The van der Waals surface area contributed by atoms with Crippen LogP contribution in [-0.4, -0.2) is 38.2 Å². The fourth-order valence-electron chi connectivity index (χ4n) is 2.93. The number of anilines is 1. The summed E-state index contributed by atoms with van der Waals surface area (Å²) in [5.41, 5.74) is 3.00. The summed E-state index contributed by atoms with van der Waals surface area (Å²) in [5.74, 6) is 1.76. The molecule has 0 saturated heterocycles. The minimum atomic E-state index is -0.0438. The fraction of sp³-hybridized carbons (Fsp3) is 0.364. The largest absolute Gasteiger partial charge is 0.493 e. The highest BCUT2D eigenvalue weighted by Gasteiger charge is 2.09. The van der Waals surface area contributed by atoms with Gasteiger partial charge < -0.3 is 20.1 Å². The van der Waals surface area contributed by atoms with Crippen LogP contribution in [0.5, 0.6) is 11.5 Å². The van der Waals surface area contributed by atoms with Crippen molar-refractivity contribution < 1.29 is 14.3 Å². The van der Waals surface area contributed by atoms with Crippen molar-refractivity contribution in [3.63, 3.8) is 0 Å². The quantitative estimate of drug-likeness (QED) is 0.550. The van der Waals surface area contributed by atoms with E-state index in [1.54, 1.807) is 25.6 Å². The molecule has 0 spiro atoms. The van der Waals surface area contributed by atoms with E-state index in [1.165, 1.54) is 0 Å². The third-order valence-corrected chi connectivity index (χ3v) is 5.85. The summed E-state index contributed by atoms with van der Waals surface area (Å²) in [6, 6.07) is 11.8. The van der Waals surface area contributed by atoms with E-state index in [1.807, 2.05) is 30.3 Å². The van der Waals surface area contributed by atoms with Crippen molar-refractivity contribution in [2.24, 2.45) is 0 Å². The maximum atomic E-state index is 12.2. The standard InChI is InChI=1S/C22H27N3O3S/c1-14(2)22-25-17-7-6-16(12-20(17)29-22)24-13-21(26)23-10-9-15-5-8-18(27-3)19(11-15)28-4/h5-8,11-12,14,24H,9-10,13H2,1-4H3,(H,23,26). The highest BCUT2D eigenvalue weighted by atomic mass is 32.1. The van der Waals surface area contributed by atoms with E-state index in [2.05, 4.69) is 35.5 Å². The molecule has 0 saturated carbocycles. The minimum absolute atomic E-state index is 0.0438. The second-order valence-electron chi connectivity index (χ2n) is 7.03. The first-order valence-corrected chi connectivity index (χ1v) is 10.4. The molecular formula is C22H27N3O3S. The lowest BCUT2D eigenvalue weighted by molar-refractivity contribution is -0.119. The highest BCUT2D eigenvalue weighted by molar-refractivity contribution is 7.18. The summed E-state index contributed by atoms with van der Waals surface area (Å²) in [4.78, 5) is 16.8. The Morgan fingerprint density at radius 2 is 1.90 bits per heavy atom. The average Bonchev–Trinajstić information content (AvgIpc) is 3.16. The topological polar surface area (TPSA) is 72.5 Å². The van der Waals surface area contributed by atoms with Crippen LogP contribution in [0.25, 0.3) is 10.2 Å². The summed E-state index contributed by atoms with van der Waals surface area (Å²) >= 11 is 1.70. The summed E-state index contributed by atoms with van der Waals surface area (Å²) in [6.45, 7) is 5.07. The van der Waals surface area contributed by atoms with Crippen LogP contribution >= 0.6 is 11.3 Å². The number of nitrogens with one attached hydrogen (secondary N) is 2. The number of nitrogens with zero attached hydrogens (tertiary/aromatic N) is 1. The van der Waals surface area contributed by atoms with Gasteiger partial charge in [-0.15, -0.1) is 11.3 Å². The van der Waals surface area contributed by atoms with Crippen molar-refractivity contribution in [1.29, 1.82) is 0 Å². The molecule has 0 aliphatic carbocycles. The Bertz CT molecular complexity index is 985. The zero-order valence-corrected chi connectivity index (χ0v) is 18.1. The molecule has 2 N–H and O–H groups in total. The van der Waals surface area contributed by atoms with Crippen LogP contribution < -0.4 is 20.1 Å². The van der Waals surface area contributed by atoms with E-state index in [0.29, 0.717) is 24.0 Å². The summed E-state index contributed by atoms with van der Waals surface area (Å²) < 4.78 is 11.7. The summed E-state index contributed by atoms with van der Waals surface area (Å²) in [6.07, 6.45) is 0.719. The molecule has 0 radical (unpaired) electrons. The number of ether oxygens (including phenoxy) is 2. The molecule has 0 atom stereocenters. The predicted molar refractivity (Wildman–Crippen MR) is 118 cm³/mol. The van der Waals surface area contributed by atoms with Gasteiger partial charge in [-0.05, 0) is 42.3 Å². The number of fused-ring (bicyclic) bond motifs is 1. The molecule has 1 amide bonds. The molecular weight excluding hydrogens is 386 g/mol. The first kappa shape index (κ1) is 20.9. The Morgan fingerprint density at radius 1 is 1.10 bits per heavy atom. The Kier molecular flexibility index (Phi) is 6.93. The van der Waals surface area contributed by atoms with Crippen molar-refractivity contribution >= 4 is 33.1 Å². The third-order valence-electron chi connectivity index (χ3n) is 4.54. The van der Waals surface area contributed by atoms with Crippen LogP contribution in [0.3, 0.4) is 0 Å². The van der Waals surface area contributed by atoms with Gasteiger partial charge in [-0.2, -0.15) is 0 Å². The Labute approximate surface area is 175 Å². The maximum Gasteiger partial charge on any atom is 0.239 e. The number of aromatic nitrogens is 1. The fourth-order valence-corrected chi connectivity index (χ4v) is 3.94. The lowest BCUT2D eigenvalue weighted by atomic mass is 10.1. The predicted octanol–water partition coefficient (Wildman–Crippen LogP) is 4.21. The van der Waals surface area contributed by atoms with E-state index < -0.39 is 0 Å². The van der Waals surface area contributed by atoms with E-state index in [-0.39, 0.29) is 12.5 Å². The molecule has 154 valence electrons. The number of methoxy groups -OCH3 is 2. The number of hydrogen-bond donors (Lipinski definition) is 2. The van der Waals surface area contributed by atoms with Crippen molar-refractivity contribution in [1.82, 2.24) is 10.3 Å². The molecule has 0 bridgehead atoms. The van der Waals surface area contributed by atoms with Crippen LogP contribution in [0.4, 0.5) is 5.69 Å². The second kappa shape index (κ2) is 9.60. The minimum Gasteiger partial charge on any atom is -0.493 e. The van der Waals surface area contributed by atoms with Crippen molar-refractivity contribution in [3.05, 3.63) is 47.0 Å². The molecule has 2 aromatic carbocycles. The number of benzene rings is 2. The maximum absolute atomic E-state index is 12.2. The average molecular weight is 414 g/mol. The van der Waals surface area contributed by atoms with E-state index in [9.17, 15) is 4.79 Å². The van der Waals surface area contributed by atoms with Crippen molar-refractivity contribution in [2.75, 3.05) is 32.6 Å². The van der Waals surface area contributed by atoms with Crippen LogP contribution in [-0.2, 0) is 11.2 Å². The monoisotopic (exact) mass is 413 g/mol. The van der Waals surface area contributed by atoms with Crippen molar-refractivity contribution in [3.8, 4) is 11.5 Å². The molecule has 1 aromatic heterocycles. The SMILES string of the molecule is COc1ccc(CCNC(=O)CNc2ccc3nc(C(C)C)sc3c2)cc1OC. The smallest absolute Gasteiger partial charge is 0.239 e. The molecule has 0 aliphatic heterocycles. The van der Waals surface area contributed by atoms with Crippen LogP contribution in [0, 0.1) is 0 Å². The first-order chi connectivity index (χ1) is 14.0. The summed E-state index contributed by atoms with van der Waals surface area (Å²) in [7, 11) is 3.23. The van der Waals surface area contributed by atoms with Crippen LogP contribution in [0.2, 0.25) is 0 Å². The molecule has 0 aliphatic rings. The first-order valence-electron chi connectivity index (χ1n) is 9.62. The van der Waals surface area contributed by atoms with Gasteiger partial charge in [-0.1, -0.05) is 19.9 Å². The molecule has 29 heavy (non-hydrogen) atoms. The van der Waals surface area contributed by atoms with Gasteiger partial charge in [0.25, 0.3) is 0 Å². The number of thiazole rings is 1. The van der Waals surface area contributed by atoms with Crippen LogP contribution in [0.15, 0.2) is 36.4 Å². The summed E-state index contributed by atoms with van der Waals surface area (Å²) in [5, 5.41) is 7.26. The van der Waals surface area contributed by atoms with Gasteiger partial charge >= 0.3 is 0 Å². The van der Waals surface area contributed by atoms with E-state index >= 15 is 0 Å². The second-order valence-corrected chi connectivity index (χ2v) is 8.09. The number of carbonyl (C=O) groups excluding carboxylic acids is 1. The molecule has 0 unspecified atom stereocenters. The molecule has 3 aromatic rings. The van der Waals surface area contributed by atoms with Gasteiger partial charge in [-0.3, -0.25) is 4.79 Å². The molecule has 0 fully saturated rings. The van der Waals surface area contributed by atoms with Gasteiger partial charge in [0.15, 0.2) is 11.5 Å². The number of amides is 1. The normalized spacial score (nSPS) is 10.9. The Hall–Kier alpha value is -2.80. The Balaban J connectivity index is 1.48. The van der Waals surface area contributed by atoms with Gasteiger partial charge in [-0.25, -0.2) is 4.98 Å². The molecule has 3 rings (SSSR count). The molecule has 7 heteroatoms. The number of hydrogen-bond acceptors (Lipinski definition) is 6. The molecule has 6 nitrogen and oxygen atoms in total. The zero-order chi connectivity index (χ0) is 20.8. The van der Waals surface area contributed by atoms with E-state index in [0.717, 1.165) is 32.9 Å². The third kappa shape index (κ3) is 5.38. The number of rotatable bonds is 9. The lowest BCUT2D eigenvalue weighted by Gasteiger charge is -2.10.